The number of hydrogen-bond acceptors (Lipinski definition) is 2. The third-order valence-corrected chi connectivity index (χ3v) is 3.98. The summed E-state index contributed by atoms with van der Waals surface area (Å²) in [5, 5.41) is 3.37. The first kappa shape index (κ1) is 13.7. The van der Waals surface area contributed by atoms with E-state index in [-0.39, 0.29) is 5.91 Å². The van der Waals surface area contributed by atoms with Gasteiger partial charge in [0.25, 0.3) is 5.91 Å². The topological polar surface area (TPSA) is 32.3 Å². The van der Waals surface area contributed by atoms with E-state index in [0.29, 0.717) is 0 Å². The number of nitrogens with one attached hydrogen (secondary N) is 1. The minimum absolute atomic E-state index is 0.0361. The molecular formula is C18H20N2O. The second kappa shape index (κ2) is 5.60. The van der Waals surface area contributed by atoms with Crippen LogP contribution in [0.2, 0.25) is 0 Å². The van der Waals surface area contributed by atoms with Crippen LogP contribution < -0.4 is 10.2 Å². The first-order valence-corrected chi connectivity index (χ1v) is 7.37. The summed E-state index contributed by atoms with van der Waals surface area (Å²) in [5.41, 5.74) is 5.24. The second-order valence-electron chi connectivity index (χ2n) is 5.61. The van der Waals surface area contributed by atoms with E-state index in [0.717, 1.165) is 41.9 Å². The third-order valence-electron chi connectivity index (χ3n) is 3.98. The van der Waals surface area contributed by atoms with Gasteiger partial charge in [-0.15, -0.1) is 0 Å². The maximum atomic E-state index is 12.6. The normalized spacial score (nSPS) is 13.2. The number of fused-ring (bicyclic) bond motifs is 1. The third kappa shape index (κ3) is 2.77. The molecule has 21 heavy (non-hydrogen) atoms. The van der Waals surface area contributed by atoms with Crippen molar-refractivity contribution >= 4 is 17.3 Å². The van der Waals surface area contributed by atoms with Crippen LogP contribution in [0.25, 0.3) is 0 Å². The van der Waals surface area contributed by atoms with Crippen molar-refractivity contribution in [1.82, 2.24) is 0 Å². The lowest BCUT2D eigenvalue weighted by molar-refractivity contribution is 0.0993. The van der Waals surface area contributed by atoms with Gasteiger partial charge in [0.2, 0.25) is 0 Å². The lowest BCUT2D eigenvalue weighted by Crippen LogP contribution is -2.26. The highest BCUT2D eigenvalue weighted by molar-refractivity contribution is 6.06. The number of rotatable bonds is 2. The van der Waals surface area contributed by atoms with Crippen LogP contribution in [0, 0.1) is 6.92 Å². The fourth-order valence-corrected chi connectivity index (χ4v) is 2.76. The molecule has 0 fully saturated rings. The molecule has 2 aromatic rings. The SMILES string of the molecule is Cc1cccc(N(C)C(=O)c2ccc3c(c2)CCCN3)c1. The largest absolute Gasteiger partial charge is 0.385 e. The Morgan fingerprint density at radius 1 is 1.19 bits per heavy atom. The summed E-state index contributed by atoms with van der Waals surface area (Å²) >= 11 is 0. The molecule has 3 nitrogen and oxygen atoms in total. The van der Waals surface area contributed by atoms with E-state index >= 15 is 0 Å². The van der Waals surface area contributed by atoms with Crippen molar-refractivity contribution in [2.45, 2.75) is 19.8 Å². The predicted octanol–water partition coefficient (Wildman–Crippen LogP) is 3.63. The van der Waals surface area contributed by atoms with Gasteiger partial charge < -0.3 is 10.2 Å². The molecule has 0 unspecified atom stereocenters. The van der Waals surface area contributed by atoms with Crippen LogP contribution in [0.1, 0.15) is 27.9 Å². The number of amides is 1. The van der Waals surface area contributed by atoms with E-state index < -0.39 is 0 Å². The molecule has 0 atom stereocenters. The molecule has 1 heterocycles. The van der Waals surface area contributed by atoms with Crippen molar-refractivity contribution in [2.24, 2.45) is 0 Å². The molecular weight excluding hydrogens is 260 g/mol. The highest BCUT2D eigenvalue weighted by Crippen LogP contribution is 2.24. The van der Waals surface area contributed by atoms with Gasteiger partial charge in [-0.2, -0.15) is 0 Å². The van der Waals surface area contributed by atoms with E-state index in [1.54, 1.807) is 4.90 Å². The zero-order chi connectivity index (χ0) is 14.8. The number of hydrogen-bond donors (Lipinski definition) is 1. The first-order valence-electron chi connectivity index (χ1n) is 7.37. The molecule has 1 aliphatic rings. The molecule has 1 N–H and O–H groups in total. The first-order chi connectivity index (χ1) is 10.1. The Morgan fingerprint density at radius 2 is 2.05 bits per heavy atom. The Kier molecular flexibility index (Phi) is 3.65. The summed E-state index contributed by atoms with van der Waals surface area (Å²) in [6.07, 6.45) is 2.16. The van der Waals surface area contributed by atoms with Gasteiger partial charge in [0.15, 0.2) is 0 Å². The van der Waals surface area contributed by atoms with E-state index in [1.165, 1.54) is 5.56 Å². The monoisotopic (exact) mass is 280 g/mol. The molecule has 0 saturated carbocycles. The van der Waals surface area contributed by atoms with E-state index in [1.807, 2.05) is 56.4 Å². The second-order valence-corrected chi connectivity index (χ2v) is 5.61. The number of benzene rings is 2. The van der Waals surface area contributed by atoms with Gasteiger partial charge in [-0.25, -0.2) is 0 Å². The molecule has 0 spiro atoms. The minimum Gasteiger partial charge on any atom is -0.385 e. The average molecular weight is 280 g/mol. The van der Waals surface area contributed by atoms with Crippen molar-refractivity contribution in [3.63, 3.8) is 0 Å². The van der Waals surface area contributed by atoms with Crippen LogP contribution in [0.3, 0.4) is 0 Å². The van der Waals surface area contributed by atoms with Gasteiger partial charge in [0.1, 0.15) is 0 Å². The molecule has 0 aliphatic carbocycles. The van der Waals surface area contributed by atoms with Crippen LogP contribution in [-0.2, 0) is 6.42 Å². The highest BCUT2D eigenvalue weighted by atomic mass is 16.2. The highest BCUT2D eigenvalue weighted by Gasteiger charge is 2.16. The summed E-state index contributed by atoms with van der Waals surface area (Å²) < 4.78 is 0. The zero-order valence-corrected chi connectivity index (χ0v) is 12.5. The van der Waals surface area contributed by atoms with Crippen LogP contribution >= 0.6 is 0 Å². The molecule has 2 aromatic carbocycles. The minimum atomic E-state index is 0.0361. The van der Waals surface area contributed by atoms with Gasteiger partial charge in [-0.3, -0.25) is 4.79 Å². The molecule has 0 radical (unpaired) electrons. The van der Waals surface area contributed by atoms with Gasteiger partial charge in [-0.1, -0.05) is 12.1 Å². The summed E-state index contributed by atoms with van der Waals surface area (Å²) in [4.78, 5) is 14.4. The number of carbonyl (C=O) groups excluding carboxylic acids is 1. The molecule has 0 bridgehead atoms. The summed E-state index contributed by atoms with van der Waals surface area (Å²) in [7, 11) is 1.83. The zero-order valence-electron chi connectivity index (χ0n) is 12.5. The Bertz CT molecular complexity index is 679. The Balaban J connectivity index is 1.88. The Labute approximate surface area is 125 Å². The van der Waals surface area contributed by atoms with Crippen LogP contribution in [0.4, 0.5) is 11.4 Å². The molecule has 3 heteroatoms. The molecule has 108 valence electrons. The quantitative estimate of drug-likeness (QED) is 0.911. The van der Waals surface area contributed by atoms with Gasteiger partial charge >= 0.3 is 0 Å². The average Bonchev–Trinajstić information content (AvgIpc) is 2.53. The van der Waals surface area contributed by atoms with Gasteiger partial charge in [0, 0.05) is 30.5 Å². The van der Waals surface area contributed by atoms with Crippen LogP contribution in [0.15, 0.2) is 42.5 Å². The van der Waals surface area contributed by atoms with Gasteiger partial charge in [-0.05, 0) is 61.2 Å². The molecule has 3 rings (SSSR count). The molecule has 0 saturated heterocycles. The Hall–Kier alpha value is -2.29. The maximum Gasteiger partial charge on any atom is 0.258 e. The lowest BCUT2D eigenvalue weighted by atomic mass is 10.0. The Morgan fingerprint density at radius 3 is 2.86 bits per heavy atom. The number of aryl methyl sites for hydroxylation is 2. The summed E-state index contributed by atoms with van der Waals surface area (Å²) in [6, 6.07) is 14.0. The number of nitrogens with zero attached hydrogens (tertiary/aromatic N) is 1. The molecule has 1 amide bonds. The van der Waals surface area contributed by atoms with Gasteiger partial charge in [0.05, 0.1) is 0 Å². The molecule has 0 aromatic heterocycles. The van der Waals surface area contributed by atoms with Crippen molar-refractivity contribution < 1.29 is 4.79 Å². The lowest BCUT2D eigenvalue weighted by Gasteiger charge is -2.21. The molecule has 1 aliphatic heterocycles. The maximum absolute atomic E-state index is 12.6. The number of anilines is 2. The van der Waals surface area contributed by atoms with E-state index in [4.69, 9.17) is 0 Å². The van der Waals surface area contributed by atoms with Crippen molar-refractivity contribution in [1.29, 1.82) is 0 Å². The van der Waals surface area contributed by atoms with Crippen molar-refractivity contribution in [2.75, 3.05) is 23.8 Å². The van der Waals surface area contributed by atoms with Crippen LogP contribution in [0.5, 0.6) is 0 Å². The smallest absolute Gasteiger partial charge is 0.258 e. The van der Waals surface area contributed by atoms with Crippen LogP contribution in [-0.4, -0.2) is 19.5 Å². The van der Waals surface area contributed by atoms with E-state index in [2.05, 4.69) is 5.32 Å². The fourth-order valence-electron chi connectivity index (χ4n) is 2.76. The van der Waals surface area contributed by atoms with Crippen molar-refractivity contribution in [3.05, 3.63) is 59.2 Å². The summed E-state index contributed by atoms with van der Waals surface area (Å²) in [5.74, 6) is 0.0361. The standard InChI is InChI=1S/C18H20N2O/c1-13-5-3-7-16(11-13)20(2)18(21)15-8-9-17-14(12-15)6-4-10-19-17/h3,5,7-9,11-12,19H,4,6,10H2,1-2H3. The van der Waals surface area contributed by atoms with E-state index in [9.17, 15) is 4.79 Å². The fraction of sp³-hybridized carbons (Fsp3) is 0.278. The summed E-state index contributed by atoms with van der Waals surface area (Å²) in [6.45, 7) is 3.05. The number of carbonyl (C=O) groups is 1. The van der Waals surface area contributed by atoms with Crippen molar-refractivity contribution in [3.8, 4) is 0 Å². The predicted molar refractivity (Wildman–Crippen MR) is 87.2 cm³/mol.